The van der Waals surface area contributed by atoms with E-state index in [9.17, 15) is 14.4 Å². The van der Waals surface area contributed by atoms with Crippen molar-refractivity contribution in [3.05, 3.63) is 76.2 Å². The molecule has 0 unspecified atom stereocenters. The number of benzene rings is 2. The Morgan fingerprint density at radius 2 is 1.91 bits per heavy atom. The van der Waals surface area contributed by atoms with Gasteiger partial charge < -0.3 is 5.32 Å². The Kier molecular flexibility index (Phi) is 7.07. The second-order valence-corrected chi connectivity index (χ2v) is 9.11. The lowest BCUT2D eigenvalue weighted by Crippen LogP contribution is -2.42. The lowest BCUT2D eigenvalue weighted by Gasteiger charge is -2.32. The van der Waals surface area contributed by atoms with E-state index in [1.807, 2.05) is 43.4 Å². The summed E-state index contributed by atoms with van der Waals surface area (Å²) in [6.45, 7) is 0.678. The van der Waals surface area contributed by atoms with Gasteiger partial charge in [0.15, 0.2) is 0 Å². The number of nitrogens with zero attached hydrogens (tertiary/aromatic N) is 2. The summed E-state index contributed by atoms with van der Waals surface area (Å²) >= 11 is 0.936. The quantitative estimate of drug-likeness (QED) is 0.651. The summed E-state index contributed by atoms with van der Waals surface area (Å²) in [4.78, 5) is 41.0. The number of rotatable bonds is 7. The van der Waals surface area contributed by atoms with Crippen molar-refractivity contribution in [1.82, 2.24) is 15.1 Å². The van der Waals surface area contributed by atoms with Gasteiger partial charge in [0.05, 0.1) is 11.4 Å². The SMILES string of the molecule is CN(CC(=O)NCCN1C(=O)S/C(=C\c2ccccc2)C1=O)[C@@H]1CCCc2ccccc21. The van der Waals surface area contributed by atoms with E-state index < -0.39 is 0 Å². The molecule has 1 aliphatic carbocycles. The molecule has 2 aromatic carbocycles. The number of hydrogen-bond donors (Lipinski definition) is 1. The third-order valence-electron chi connectivity index (χ3n) is 5.89. The summed E-state index contributed by atoms with van der Waals surface area (Å²) < 4.78 is 0. The van der Waals surface area contributed by atoms with Crippen LogP contribution in [0.15, 0.2) is 59.5 Å². The van der Waals surface area contributed by atoms with Gasteiger partial charge in [0, 0.05) is 19.1 Å². The standard InChI is InChI=1S/C25H27N3O3S/c1-27(21-13-7-11-19-10-5-6-12-20(19)21)17-23(29)26-14-15-28-24(30)22(32-25(28)31)16-18-8-3-2-4-9-18/h2-6,8-10,12,16,21H,7,11,13-15,17H2,1H3,(H,26,29)/b22-16-/t21-/m1/s1. The van der Waals surface area contributed by atoms with E-state index in [2.05, 4.69) is 28.4 Å². The molecule has 7 heteroatoms. The highest BCUT2D eigenvalue weighted by molar-refractivity contribution is 8.18. The molecule has 0 aromatic heterocycles. The Hall–Kier alpha value is -2.90. The van der Waals surface area contributed by atoms with Gasteiger partial charge in [-0.15, -0.1) is 0 Å². The molecule has 0 bridgehead atoms. The van der Waals surface area contributed by atoms with Crippen LogP contribution in [0.25, 0.3) is 6.08 Å². The first-order valence-corrected chi connectivity index (χ1v) is 11.7. The number of thioether (sulfide) groups is 1. The molecule has 3 amide bonds. The van der Waals surface area contributed by atoms with E-state index in [4.69, 9.17) is 0 Å². The third-order valence-corrected chi connectivity index (χ3v) is 6.80. The average molecular weight is 450 g/mol. The molecule has 166 valence electrons. The lowest BCUT2D eigenvalue weighted by molar-refractivity contribution is -0.125. The van der Waals surface area contributed by atoms with Crippen LogP contribution in [-0.2, 0) is 16.0 Å². The minimum absolute atomic E-state index is 0.109. The van der Waals surface area contributed by atoms with Crippen LogP contribution in [0, 0.1) is 0 Å². The summed E-state index contributed by atoms with van der Waals surface area (Å²) in [7, 11) is 1.97. The summed E-state index contributed by atoms with van der Waals surface area (Å²) in [5.41, 5.74) is 3.54. The van der Waals surface area contributed by atoms with Crippen LogP contribution in [0.2, 0.25) is 0 Å². The minimum atomic E-state index is -0.311. The van der Waals surface area contributed by atoms with Crippen LogP contribution in [0.4, 0.5) is 4.79 Å². The number of imide groups is 1. The van der Waals surface area contributed by atoms with E-state index in [0.717, 1.165) is 36.6 Å². The highest BCUT2D eigenvalue weighted by Crippen LogP contribution is 2.33. The maximum atomic E-state index is 12.6. The number of likely N-dealkylation sites (N-methyl/N-ethyl adjacent to an activating group) is 1. The fourth-order valence-corrected chi connectivity index (χ4v) is 5.14. The van der Waals surface area contributed by atoms with Gasteiger partial charge >= 0.3 is 0 Å². The number of carbonyl (C=O) groups excluding carboxylic acids is 3. The second-order valence-electron chi connectivity index (χ2n) is 8.12. The Morgan fingerprint density at radius 1 is 1.16 bits per heavy atom. The van der Waals surface area contributed by atoms with Gasteiger partial charge in [-0.2, -0.15) is 0 Å². The lowest BCUT2D eigenvalue weighted by atomic mass is 9.87. The maximum Gasteiger partial charge on any atom is 0.293 e. The Labute approximate surface area is 192 Å². The molecule has 1 aliphatic heterocycles. The van der Waals surface area contributed by atoms with E-state index in [0.29, 0.717) is 4.91 Å². The molecular weight excluding hydrogens is 422 g/mol. The van der Waals surface area contributed by atoms with Crippen LogP contribution in [0.1, 0.15) is 35.6 Å². The predicted molar refractivity (Wildman–Crippen MR) is 127 cm³/mol. The molecule has 1 heterocycles. The first-order valence-electron chi connectivity index (χ1n) is 10.9. The topological polar surface area (TPSA) is 69.7 Å². The van der Waals surface area contributed by atoms with Crippen molar-refractivity contribution in [3.63, 3.8) is 0 Å². The summed E-state index contributed by atoms with van der Waals surface area (Å²) in [5.74, 6) is -0.420. The smallest absolute Gasteiger partial charge is 0.293 e. The van der Waals surface area contributed by atoms with E-state index >= 15 is 0 Å². The largest absolute Gasteiger partial charge is 0.353 e. The third kappa shape index (κ3) is 5.11. The number of carbonyl (C=O) groups is 3. The molecule has 6 nitrogen and oxygen atoms in total. The van der Waals surface area contributed by atoms with Crippen molar-refractivity contribution < 1.29 is 14.4 Å². The van der Waals surface area contributed by atoms with Crippen molar-refractivity contribution in [1.29, 1.82) is 0 Å². The minimum Gasteiger partial charge on any atom is -0.353 e. The molecule has 32 heavy (non-hydrogen) atoms. The van der Waals surface area contributed by atoms with Gasteiger partial charge in [-0.1, -0.05) is 54.6 Å². The summed E-state index contributed by atoms with van der Waals surface area (Å²) in [6, 6.07) is 18.1. The van der Waals surface area contributed by atoms with Gasteiger partial charge in [0.2, 0.25) is 5.91 Å². The molecule has 1 saturated heterocycles. The Balaban J connectivity index is 1.27. The Bertz CT molecular complexity index is 1040. The van der Waals surface area contributed by atoms with Gasteiger partial charge in [-0.25, -0.2) is 0 Å². The fourth-order valence-electron chi connectivity index (χ4n) is 4.28. The highest BCUT2D eigenvalue weighted by Gasteiger charge is 2.34. The highest BCUT2D eigenvalue weighted by atomic mass is 32.2. The molecule has 1 atom stereocenters. The van der Waals surface area contributed by atoms with E-state index in [1.165, 1.54) is 16.0 Å². The maximum absolute atomic E-state index is 12.6. The van der Waals surface area contributed by atoms with Crippen LogP contribution in [0.3, 0.4) is 0 Å². The van der Waals surface area contributed by atoms with Gasteiger partial charge in [0.1, 0.15) is 0 Å². The molecule has 1 fully saturated rings. The normalized spacial score (nSPS) is 19.5. The molecule has 0 radical (unpaired) electrons. The summed E-state index contributed by atoms with van der Waals surface area (Å²) in [5, 5.41) is 2.55. The van der Waals surface area contributed by atoms with Gasteiger partial charge in [-0.3, -0.25) is 24.2 Å². The first-order chi connectivity index (χ1) is 15.5. The van der Waals surface area contributed by atoms with Crippen LogP contribution in [-0.4, -0.2) is 53.5 Å². The molecule has 4 rings (SSSR count). The van der Waals surface area contributed by atoms with Crippen molar-refractivity contribution >= 4 is 34.9 Å². The van der Waals surface area contributed by atoms with Crippen LogP contribution in [0.5, 0.6) is 0 Å². The second kappa shape index (κ2) is 10.1. The first kappa shape index (κ1) is 22.3. The Morgan fingerprint density at radius 3 is 2.72 bits per heavy atom. The monoisotopic (exact) mass is 449 g/mol. The molecule has 2 aromatic rings. The molecule has 2 aliphatic rings. The predicted octanol–water partition coefficient (Wildman–Crippen LogP) is 3.85. The number of nitrogens with one attached hydrogen (secondary N) is 1. The zero-order valence-electron chi connectivity index (χ0n) is 18.1. The van der Waals surface area contributed by atoms with Crippen molar-refractivity contribution in [2.45, 2.75) is 25.3 Å². The molecular formula is C25H27N3O3S. The van der Waals surface area contributed by atoms with E-state index in [-0.39, 0.29) is 42.7 Å². The zero-order chi connectivity index (χ0) is 22.5. The average Bonchev–Trinajstić information content (AvgIpc) is 3.06. The number of amides is 3. The van der Waals surface area contributed by atoms with Crippen LogP contribution < -0.4 is 5.32 Å². The fraction of sp³-hybridized carbons (Fsp3) is 0.320. The molecule has 1 N–H and O–H groups in total. The van der Waals surface area contributed by atoms with Crippen LogP contribution >= 0.6 is 11.8 Å². The van der Waals surface area contributed by atoms with Gasteiger partial charge in [0.25, 0.3) is 11.1 Å². The summed E-state index contributed by atoms with van der Waals surface area (Å²) in [6.07, 6.45) is 4.96. The number of fused-ring (bicyclic) bond motifs is 1. The number of hydrogen-bond acceptors (Lipinski definition) is 5. The number of aryl methyl sites for hydroxylation is 1. The van der Waals surface area contributed by atoms with E-state index in [1.54, 1.807) is 6.08 Å². The van der Waals surface area contributed by atoms with Crippen molar-refractivity contribution in [3.8, 4) is 0 Å². The van der Waals surface area contributed by atoms with Crippen molar-refractivity contribution in [2.75, 3.05) is 26.7 Å². The zero-order valence-corrected chi connectivity index (χ0v) is 18.9. The van der Waals surface area contributed by atoms with Gasteiger partial charge in [-0.05, 0) is 60.8 Å². The molecule has 0 spiro atoms. The van der Waals surface area contributed by atoms with Crippen molar-refractivity contribution in [2.24, 2.45) is 0 Å². The molecule has 0 saturated carbocycles.